The number of methoxy groups -OCH3 is 1. The highest BCUT2D eigenvalue weighted by Gasteiger charge is 2.32. The second-order valence-corrected chi connectivity index (χ2v) is 3.76. The molecule has 112 valence electrons. The van der Waals surface area contributed by atoms with Crippen LogP contribution in [0.25, 0.3) is 0 Å². The SMILES string of the molecule is COc1ncc(F)c(NCc2nccc(C(F)(F)F)n2)n1. The number of rotatable bonds is 4. The molecule has 0 aliphatic carbocycles. The Labute approximate surface area is 116 Å². The van der Waals surface area contributed by atoms with Gasteiger partial charge in [-0.3, -0.25) is 0 Å². The van der Waals surface area contributed by atoms with Crippen LogP contribution in [0.4, 0.5) is 23.4 Å². The fourth-order valence-electron chi connectivity index (χ4n) is 1.38. The normalized spacial score (nSPS) is 11.3. The van der Waals surface area contributed by atoms with E-state index < -0.39 is 17.7 Å². The smallest absolute Gasteiger partial charge is 0.433 e. The lowest BCUT2D eigenvalue weighted by molar-refractivity contribution is -0.141. The molecular weight excluding hydrogens is 294 g/mol. The summed E-state index contributed by atoms with van der Waals surface area (Å²) in [5.74, 6) is -1.15. The number of ether oxygens (including phenoxy) is 1. The molecule has 0 radical (unpaired) electrons. The van der Waals surface area contributed by atoms with Gasteiger partial charge in [-0.15, -0.1) is 0 Å². The van der Waals surface area contributed by atoms with Crippen molar-refractivity contribution in [2.45, 2.75) is 12.7 Å². The van der Waals surface area contributed by atoms with E-state index in [2.05, 4.69) is 25.3 Å². The zero-order valence-electron chi connectivity index (χ0n) is 10.6. The third-order valence-electron chi connectivity index (χ3n) is 2.31. The van der Waals surface area contributed by atoms with Crippen molar-refractivity contribution in [2.75, 3.05) is 12.4 Å². The minimum absolute atomic E-state index is 0.0798. The van der Waals surface area contributed by atoms with Gasteiger partial charge in [0, 0.05) is 6.20 Å². The molecule has 0 fully saturated rings. The molecule has 2 aromatic heterocycles. The number of hydrogen-bond donors (Lipinski definition) is 1. The van der Waals surface area contributed by atoms with Crippen molar-refractivity contribution in [1.82, 2.24) is 19.9 Å². The molecule has 0 saturated heterocycles. The summed E-state index contributed by atoms with van der Waals surface area (Å²) in [6.45, 7) is -0.235. The van der Waals surface area contributed by atoms with Gasteiger partial charge in [-0.25, -0.2) is 19.3 Å². The van der Waals surface area contributed by atoms with Crippen LogP contribution in [0.5, 0.6) is 6.01 Å². The minimum atomic E-state index is -4.57. The Morgan fingerprint density at radius 3 is 2.67 bits per heavy atom. The number of halogens is 4. The summed E-state index contributed by atoms with van der Waals surface area (Å²) in [6.07, 6.45) is -2.72. The second kappa shape index (κ2) is 5.85. The van der Waals surface area contributed by atoms with Gasteiger partial charge in [0.05, 0.1) is 19.9 Å². The van der Waals surface area contributed by atoms with Crippen LogP contribution in [0.15, 0.2) is 18.5 Å². The highest BCUT2D eigenvalue weighted by Crippen LogP contribution is 2.27. The van der Waals surface area contributed by atoms with Crippen molar-refractivity contribution in [3.05, 3.63) is 35.8 Å². The summed E-state index contributed by atoms with van der Waals surface area (Å²) in [6, 6.07) is 0.668. The summed E-state index contributed by atoms with van der Waals surface area (Å²) in [5, 5.41) is 2.48. The number of hydrogen-bond acceptors (Lipinski definition) is 6. The predicted octanol–water partition coefficient (Wildman–Crippen LogP) is 2.05. The summed E-state index contributed by atoms with van der Waals surface area (Å²) in [4.78, 5) is 14.2. The summed E-state index contributed by atoms with van der Waals surface area (Å²) < 4.78 is 55.6. The predicted molar refractivity (Wildman–Crippen MR) is 62.9 cm³/mol. The second-order valence-electron chi connectivity index (χ2n) is 3.76. The molecular formula is C11H9F4N5O. The Morgan fingerprint density at radius 1 is 1.24 bits per heavy atom. The van der Waals surface area contributed by atoms with Crippen LogP contribution in [0.1, 0.15) is 11.5 Å². The lowest BCUT2D eigenvalue weighted by Gasteiger charge is -2.09. The largest absolute Gasteiger partial charge is 0.467 e. The van der Waals surface area contributed by atoms with E-state index in [1.807, 2.05) is 0 Å². The molecule has 0 saturated carbocycles. The first-order valence-corrected chi connectivity index (χ1v) is 5.59. The molecule has 0 unspecified atom stereocenters. The van der Waals surface area contributed by atoms with Crippen molar-refractivity contribution < 1.29 is 22.3 Å². The molecule has 2 aromatic rings. The van der Waals surface area contributed by atoms with E-state index in [9.17, 15) is 17.6 Å². The zero-order chi connectivity index (χ0) is 15.5. The third-order valence-corrected chi connectivity index (χ3v) is 2.31. The van der Waals surface area contributed by atoms with E-state index in [1.165, 1.54) is 7.11 Å². The zero-order valence-corrected chi connectivity index (χ0v) is 10.6. The number of anilines is 1. The van der Waals surface area contributed by atoms with Gasteiger partial charge in [0.1, 0.15) is 11.5 Å². The number of alkyl halides is 3. The molecule has 0 aliphatic heterocycles. The first-order valence-electron chi connectivity index (χ1n) is 5.59. The monoisotopic (exact) mass is 303 g/mol. The molecule has 0 spiro atoms. The van der Waals surface area contributed by atoms with Crippen molar-refractivity contribution >= 4 is 5.82 Å². The van der Waals surface area contributed by atoms with E-state index >= 15 is 0 Å². The Bertz CT molecular complexity index is 634. The summed E-state index contributed by atoms with van der Waals surface area (Å²) in [7, 11) is 1.30. The van der Waals surface area contributed by atoms with Crippen molar-refractivity contribution in [3.63, 3.8) is 0 Å². The number of nitrogens with zero attached hydrogens (tertiary/aromatic N) is 4. The van der Waals surface area contributed by atoms with Crippen molar-refractivity contribution in [3.8, 4) is 6.01 Å². The highest BCUT2D eigenvalue weighted by atomic mass is 19.4. The summed E-state index contributed by atoms with van der Waals surface area (Å²) in [5.41, 5.74) is -1.07. The van der Waals surface area contributed by atoms with Gasteiger partial charge in [-0.1, -0.05) is 0 Å². The number of aromatic nitrogens is 4. The number of nitrogens with one attached hydrogen (secondary N) is 1. The topological polar surface area (TPSA) is 72.8 Å². The van der Waals surface area contributed by atoms with Gasteiger partial charge in [0.25, 0.3) is 0 Å². The lowest BCUT2D eigenvalue weighted by Crippen LogP contribution is -2.13. The maximum Gasteiger partial charge on any atom is 0.433 e. The van der Waals surface area contributed by atoms with Crippen LogP contribution in [-0.2, 0) is 12.7 Å². The van der Waals surface area contributed by atoms with Gasteiger partial charge in [0.15, 0.2) is 11.6 Å². The van der Waals surface area contributed by atoms with Crippen LogP contribution in [0.2, 0.25) is 0 Å². The Balaban J connectivity index is 2.13. The van der Waals surface area contributed by atoms with Gasteiger partial charge in [0.2, 0.25) is 0 Å². The molecule has 0 amide bonds. The first kappa shape index (κ1) is 14.9. The van der Waals surface area contributed by atoms with E-state index in [0.29, 0.717) is 0 Å². The quantitative estimate of drug-likeness (QED) is 0.871. The van der Waals surface area contributed by atoms with Gasteiger partial charge in [-0.05, 0) is 6.07 Å². The van der Waals surface area contributed by atoms with Crippen LogP contribution in [0, 0.1) is 5.82 Å². The van der Waals surface area contributed by atoms with Crippen LogP contribution < -0.4 is 10.1 Å². The van der Waals surface area contributed by atoms with Crippen molar-refractivity contribution in [2.24, 2.45) is 0 Å². The molecule has 0 aliphatic rings. The fraction of sp³-hybridized carbons (Fsp3) is 0.273. The highest BCUT2D eigenvalue weighted by molar-refractivity contribution is 5.36. The minimum Gasteiger partial charge on any atom is -0.467 e. The average Bonchev–Trinajstić information content (AvgIpc) is 2.46. The van der Waals surface area contributed by atoms with E-state index in [4.69, 9.17) is 4.74 Å². The Morgan fingerprint density at radius 2 is 2.00 bits per heavy atom. The molecule has 2 rings (SSSR count). The molecule has 10 heteroatoms. The first-order chi connectivity index (χ1) is 9.90. The molecule has 2 heterocycles. The van der Waals surface area contributed by atoms with E-state index in [0.717, 1.165) is 18.5 Å². The van der Waals surface area contributed by atoms with Crippen LogP contribution in [0.3, 0.4) is 0 Å². The molecule has 6 nitrogen and oxygen atoms in total. The molecule has 0 aromatic carbocycles. The van der Waals surface area contributed by atoms with Gasteiger partial charge >= 0.3 is 12.2 Å². The third kappa shape index (κ3) is 3.74. The Kier molecular flexibility index (Phi) is 4.15. The molecule has 0 bridgehead atoms. The molecule has 1 N–H and O–H groups in total. The Hall–Kier alpha value is -2.52. The van der Waals surface area contributed by atoms with Crippen LogP contribution >= 0.6 is 0 Å². The summed E-state index contributed by atoms with van der Waals surface area (Å²) >= 11 is 0. The molecule has 21 heavy (non-hydrogen) atoms. The van der Waals surface area contributed by atoms with E-state index in [1.54, 1.807) is 0 Å². The maximum absolute atomic E-state index is 13.4. The lowest BCUT2D eigenvalue weighted by atomic mass is 10.4. The van der Waals surface area contributed by atoms with E-state index in [-0.39, 0.29) is 24.2 Å². The molecule has 0 atom stereocenters. The van der Waals surface area contributed by atoms with Crippen molar-refractivity contribution in [1.29, 1.82) is 0 Å². The van der Waals surface area contributed by atoms with Crippen LogP contribution in [-0.4, -0.2) is 27.0 Å². The standard InChI is InChI=1S/C11H9F4N5O/c1-21-10-18-4-6(12)9(20-10)17-5-8-16-3-2-7(19-8)11(13,14)15/h2-4H,5H2,1H3,(H,17,18,20). The maximum atomic E-state index is 13.4. The average molecular weight is 303 g/mol. The van der Waals surface area contributed by atoms with Gasteiger partial charge < -0.3 is 10.1 Å². The van der Waals surface area contributed by atoms with Gasteiger partial charge in [-0.2, -0.15) is 18.2 Å². The fourth-order valence-corrected chi connectivity index (χ4v) is 1.38.